The molecule has 2 atom stereocenters. The van der Waals surface area contributed by atoms with Crippen LogP contribution >= 0.6 is 0 Å². The SMILES string of the molecule is CC1CCCC(CN)N1C(=O)c1ccc(=O)[nH]n1. The monoisotopic (exact) mass is 250 g/mol. The molecule has 6 nitrogen and oxygen atoms in total. The number of rotatable bonds is 2. The minimum Gasteiger partial charge on any atom is -0.330 e. The van der Waals surface area contributed by atoms with E-state index in [0.29, 0.717) is 6.54 Å². The standard InChI is InChI=1S/C12H18N4O2/c1-8-3-2-4-9(7-13)16(8)12(18)10-5-6-11(17)15-14-10/h5-6,8-9H,2-4,7,13H2,1H3,(H,15,17). The number of nitrogens with one attached hydrogen (secondary N) is 1. The van der Waals surface area contributed by atoms with E-state index < -0.39 is 0 Å². The van der Waals surface area contributed by atoms with Crippen LogP contribution in [0.4, 0.5) is 0 Å². The Morgan fingerprint density at radius 2 is 2.33 bits per heavy atom. The van der Waals surface area contributed by atoms with Crippen LogP contribution in [0.1, 0.15) is 36.7 Å². The molecule has 1 fully saturated rings. The smallest absolute Gasteiger partial charge is 0.274 e. The lowest BCUT2D eigenvalue weighted by molar-refractivity contribution is 0.0486. The molecule has 3 N–H and O–H groups in total. The van der Waals surface area contributed by atoms with Gasteiger partial charge in [-0.3, -0.25) is 9.59 Å². The minimum atomic E-state index is -0.311. The summed E-state index contributed by atoms with van der Waals surface area (Å²) in [4.78, 5) is 25.1. The number of piperidine rings is 1. The van der Waals surface area contributed by atoms with Crippen molar-refractivity contribution in [3.63, 3.8) is 0 Å². The summed E-state index contributed by atoms with van der Waals surface area (Å²) >= 11 is 0. The van der Waals surface area contributed by atoms with Crippen LogP contribution in [0, 0.1) is 0 Å². The van der Waals surface area contributed by atoms with Crippen molar-refractivity contribution in [2.24, 2.45) is 5.73 Å². The Bertz CT molecular complexity index is 465. The van der Waals surface area contributed by atoms with Gasteiger partial charge in [-0.2, -0.15) is 5.10 Å². The van der Waals surface area contributed by atoms with E-state index in [1.807, 2.05) is 6.92 Å². The lowest BCUT2D eigenvalue weighted by atomic mass is 9.96. The van der Waals surface area contributed by atoms with E-state index in [4.69, 9.17) is 5.73 Å². The number of hydrogen-bond donors (Lipinski definition) is 2. The molecule has 2 rings (SSSR count). The van der Waals surface area contributed by atoms with Crippen molar-refractivity contribution in [3.05, 3.63) is 28.2 Å². The van der Waals surface area contributed by atoms with Crippen molar-refractivity contribution in [2.45, 2.75) is 38.3 Å². The molecule has 1 aromatic rings. The van der Waals surface area contributed by atoms with Crippen LogP contribution in [0.25, 0.3) is 0 Å². The van der Waals surface area contributed by atoms with Gasteiger partial charge in [0.15, 0.2) is 0 Å². The van der Waals surface area contributed by atoms with Gasteiger partial charge in [-0.25, -0.2) is 5.10 Å². The quantitative estimate of drug-likeness (QED) is 0.779. The number of carbonyl (C=O) groups excluding carboxylic acids is 1. The summed E-state index contributed by atoms with van der Waals surface area (Å²) in [5.41, 5.74) is 5.68. The number of carbonyl (C=O) groups is 1. The summed E-state index contributed by atoms with van der Waals surface area (Å²) in [5.74, 6) is -0.158. The first-order valence-electron chi connectivity index (χ1n) is 6.22. The van der Waals surface area contributed by atoms with Crippen molar-refractivity contribution in [1.82, 2.24) is 15.1 Å². The van der Waals surface area contributed by atoms with Gasteiger partial charge in [0, 0.05) is 24.7 Å². The molecule has 18 heavy (non-hydrogen) atoms. The summed E-state index contributed by atoms with van der Waals surface area (Å²) in [6.45, 7) is 2.48. The zero-order valence-electron chi connectivity index (χ0n) is 10.4. The zero-order valence-corrected chi connectivity index (χ0v) is 10.4. The summed E-state index contributed by atoms with van der Waals surface area (Å²) < 4.78 is 0. The Morgan fingerprint density at radius 1 is 1.56 bits per heavy atom. The third-order valence-corrected chi connectivity index (χ3v) is 3.43. The number of nitrogens with two attached hydrogens (primary N) is 1. The molecule has 0 bridgehead atoms. The first-order valence-corrected chi connectivity index (χ1v) is 6.22. The fraction of sp³-hybridized carbons (Fsp3) is 0.583. The topological polar surface area (TPSA) is 92.1 Å². The van der Waals surface area contributed by atoms with Crippen molar-refractivity contribution in [1.29, 1.82) is 0 Å². The fourth-order valence-corrected chi connectivity index (χ4v) is 2.48. The molecule has 2 unspecified atom stereocenters. The number of amides is 1. The molecule has 1 aromatic heterocycles. The Kier molecular flexibility index (Phi) is 3.76. The number of H-pyrrole nitrogens is 1. The molecular formula is C12H18N4O2. The van der Waals surface area contributed by atoms with E-state index in [1.54, 1.807) is 4.90 Å². The van der Waals surface area contributed by atoms with Gasteiger partial charge in [0.25, 0.3) is 11.5 Å². The average Bonchev–Trinajstić information content (AvgIpc) is 2.38. The van der Waals surface area contributed by atoms with E-state index >= 15 is 0 Å². The fourth-order valence-electron chi connectivity index (χ4n) is 2.48. The van der Waals surface area contributed by atoms with Crippen LogP contribution in [0.5, 0.6) is 0 Å². The van der Waals surface area contributed by atoms with Crippen molar-refractivity contribution in [3.8, 4) is 0 Å². The second-order valence-corrected chi connectivity index (χ2v) is 4.69. The van der Waals surface area contributed by atoms with E-state index in [9.17, 15) is 9.59 Å². The molecule has 0 aliphatic carbocycles. The number of hydrogen-bond acceptors (Lipinski definition) is 4. The van der Waals surface area contributed by atoms with Gasteiger partial charge in [0.2, 0.25) is 0 Å². The molecule has 2 heterocycles. The predicted octanol–water partition coefficient (Wildman–Crippen LogP) is 0.112. The van der Waals surface area contributed by atoms with Gasteiger partial charge in [0.1, 0.15) is 5.69 Å². The molecule has 1 aliphatic rings. The van der Waals surface area contributed by atoms with Crippen LogP contribution in [-0.2, 0) is 0 Å². The molecule has 98 valence electrons. The Morgan fingerprint density at radius 3 is 2.94 bits per heavy atom. The van der Waals surface area contributed by atoms with Gasteiger partial charge in [-0.1, -0.05) is 0 Å². The Hall–Kier alpha value is -1.69. The molecule has 0 aromatic carbocycles. The van der Waals surface area contributed by atoms with Gasteiger partial charge < -0.3 is 10.6 Å². The van der Waals surface area contributed by atoms with Gasteiger partial charge in [0.05, 0.1) is 0 Å². The van der Waals surface area contributed by atoms with E-state index in [2.05, 4.69) is 10.2 Å². The van der Waals surface area contributed by atoms with Gasteiger partial charge >= 0.3 is 0 Å². The number of aromatic nitrogens is 2. The van der Waals surface area contributed by atoms with Crippen LogP contribution in [0.2, 0.25) is 0 Å². The second kappa shape index (κ2) is 5.30. The number of nitrogens with zero attached hydrogens (tertiary/aromatic N) is 2. The van der Waals surface area contributed by atoms with E-state index in [0.717, 1.165) is 19.3 Å². The summed E-state index contributed by atoms with van der Waals surface area (Å²) in [7, 11) is 0. The Balaban J connectivity index is 2.24. The second-order valence-electron chi connectivity index (χ2n) is 4.69. The van der Waals surface area contributed by atoms with Gasteiger partial charge in [-0.15, -0.1) is 0 Å². The molecule has 1 amide bonds. The van der Waals surface area contributed by atoms with Crippen LogP contribution in [0.3, 0.4) is 0 Å². The molecule has 0 radical (unpaired) electrons. The third kappa shape index (κ3) is 2.43. The highest BCUT2D eigenvalue weighted by Gasteiger charge is 2.32. The Labute approximate surface area is 105 Å². The first-order chi connectivity index (χ1) is 8.63. The lowest BCUT2D eigenvalue weighted by Crippen LogP contribution is -2.52. The average molecular weight is 250 g/mol. The minimum absolute atomic E-state index is 0.0648. The number of aromatic amines is 1. The maximum absolute atomic E-state index is 12.4. The summed E-state index contributed by atoms with van der Waals surface area (Å²) in [5, 5.41) is 6.07. The van der Waals surface area contributed by atoms with Crippen molar-refractivity contribution >= 4 is 5.91 Å². The van der Waals surface area contributed by atoms with Crippen molar-refractivity contribution in [2.75, 3.05) is 6.54 Å². The highest BCUT2D eigenvalue weighted by atomic mass is 16.2. The lowest BCUT2D eigenvalue weighted by Gasteiger charge is -2.40. The summed E-state index contributed by atoms with van der Waals surface area (Å²) in [6, 6.07) is 2.99. The van der Waals surface area contributed by atoms with Crippen LogP contribution in [0.15, 0.2) is 16.9 Å². The molecule has 0 spiro atoms. The molecule has 6 heteroatoms. The first kappa shape index (κ1) is 12.8. The maximum Gasteiger partial charge on any atom is 0.274 e. The third-order valence-electron chi connectivity index (χ3n) is 3.43. The highest BCUT2D eigenvalue weighted by Crippen LogP contribution is 2.23. The summed E-state index contributed by atoms with van der Waals surface area (Å²) in [6.07, 6.45) is 2.99. The molecule has 1 saturated heterocycles. The normalized spacial score (nSPS) is 24.0. The number of likely N-dealkylation sites (tertiary alicyclic amines) is 1. The zero-order chi connectivity index (χ0) is 13.1. The van der Waals surface area contributed by atoms with Crippen LogP contribution < -0.4 is 11.3 Å². The largest absolute Gasteiger partial charge is 0.330 e. The molecule has 0 saturated carbocycles. The van der Waals surface area contributed by atoms with E-state index in [-0.39, 0.29) is 29.2 Å². The predicted molar refractivity (Wildman–Crippen MR) is 67.2 cm³/mol. The molecule has 1 aliphatic heterocycles. The highest BCUT2D eigenvalue weighted by molar-refractivity contribution is 5.92. The maximum atomic E-state index is 12.4. The van der Waals surface area contributed by atoms with Gasteiger partial charge in [-0.05, 0) is 32.3 Å². The van der Waals surface area contributed by atoms with Crippen molar-refractivity contribution < 1.29 is 4.79 Å². The van der Waals surface area contributed by atoms with Crippen LogP contribution in [-0.4, -0.2) is 39.6 Å². The molecular weight excluding hydrogens is 232 g/mol. The van der Waals surface area contributed by atoms with E-state index in [1.165, 1.54) is 12.1 Å².